The van der Waals surface area contributed by atoms with Crippen LogP contribution in [0.5, 0.6) is 0 Å². The molecule has 2 nitrogen and oxygen atoms in total. The van der Waals surface area contributed by atoms with Gasteiger partial charge < -0.3 is 5.73 Å². The van der Waals surface area contributed by atoms with Crippen LogP contribution in [-0.2, 0) is 0 Å². The molecule has 2 rings (SSSR count). The van der Waals surface area contributed by atoms with E-state index in [1.54, 1.807) is 0 Å². The van der Waals surface area contributed by atoms with Crippen LogP contribution in [-0.4, -0.2) is 24.0 Å². The number of nitrogens with two attached hydrogens (primary N) is 1. The predicted octanol–water partition coefficient (Wildman–Crippen LogP) is 3.59. The number of hydrogen-bond acceptors (Lipinski definition) is 2. The first kappa shape index (κ1) is 14.5. The molecule has 0 spiro atoms. The van der Waals surface area contributed by atoms with Gasteiger partial charge in [-0.2, -0.15) is 0 Å². The highest BCUT2D eigenvalue weighted by Crippen LogP contribution is 2.31. The average molecular weight is 260 g/mol. The van der Waals surface area contributed by atoms with E-state index < -0.39 is 0 Å². The maximum absolute atomic E-state index is 6.45. The molecule has 2 N–H and O–H groups in total. The quantitative estimate of drug-likeness (QED) is 0.900. The van der Waals surface area contributed by atoms with E-state index in [0.717, 1.165) is 0 Å². The SMILES string of the molecule is CC(C(N)c1ccccc1)N1CCCC(C)(C)CC1. The molecule has 2 atom stereocenters. The zero-order valence-corrected chi connectivity index (χ0v) is 12.6. The van der Waals surface area contributed by atoms with Crippen molar-refractivity contribution in [1.82, 2.24) is 4.90 Å². The Labute approximate surface area is 118 Å². The number of nitrogens with zero attached hydrogens (tertiary/aromatic N) is 1. The van der Waals surface area contributed by atoms with Crippen LogP contribution in [0.4, 0.5) is 0 Å². The van der Waals surface area contributed by atoms with Crippen molar-refractivity contribution in [2.45, 2.75) is 52.1 Å². The van der Waals surface area contributed by atoms with Crippen molar-refractivity contribution in [3.05, 3.63) is 35.9 Å². The number of likely N-dealkylation sites (tertiary alicyclic amines) is 1. The molecule has 0 aromatic heterocycles. The highest BCUT2D eigenvalue weighted by atomic mass is 15.2. The van der Waals surface area contributed by atoms with E-state index in [-0.39, 0.29) is 6.04 Å². The van der Waals surface area contributed by atoms with Crippen molar-refractivity contribution in [2.75, 3.05) is 13.1 Å². The largest absolute Gasteiger partial charge is 0.323 e. The molecule has 1 aliphatic heterocycles. The van der Waals surface area contributed by atoms with E-state index in [1.807, 2.05) is 0 Å². The molecule has 1 aromatic carbocycles. The van der Waals surface area contributed by atoms with Gasteiger partial charge in [0.05, 0.1) is 0 Å². The van der Waals surface area contributed by atoms with Crippen molar-refractivity contribution in [2.24, 2.45) is 11.1 Å². The molecule has 0 bridgehead atoms. The maximum Gasteiger partial charge on any atom is 0.0450 e. The van der Waals surface area contributed by atoms with Gasteiger partial charge in [-0.3, -0.25) is 4.90 Å². The molecule has 19 heavy (non-hydrogen) atoms. The van der Waals surface area contributed by atoms with E-state index in [9.17, 15) is 0 Å². The lowest BCUT2D eigenvalue weighted by atomic mass is 9.85. The van der Waals surface area contributed by atoms with Gasteiger partial charge in [0.25, 0.3) is 0 Å². The Morgan fingerprint density at radius 1 is 1.11 bits per heavy atom. The molecular formula is C17H28N2. The van der Waals surface area contributed by atoms with Crippen LogP contribution in [0.15, 0.2) is 30.3 Å². The number of rotatable bonds is 3. The Kier molecular flexibility index (Phi) is 4.64. The average Bonchev–Trinajstić information content (AvgIpc) is 2.59. The zero-order chi connectivity index (χ0) is 13.9. The fourth-order valence-electron chi connectivity index (χ4n) is 3.03. The first-order chi connectivity index (χ1) is 8.99. The third-order valence-corrected chi connectivity index (χ3v) is 4.65. The first-order valence-electron chi connectivity index (χ1n) is 7.54. The van der Waals surface area contributed by atoms with Crippen molar-refractivity contribution in [3.8, 4) is 0 Å². The summed E-state index contributed by atoms with van der Waals surface area (Å²) in [5, 5.41) is 0. The molecular weight excluding hydrogens is 232 g/mol. The van der Waals surface area contributed by atoms with E-state index in [4.69, 9.17) is 5.73 Å². The monoisotopic (exact) mass is 260 g/mol. The number of hydrogen-bond donors (Lipinski definition) is 1. The van der Waals surface area contributed by atoms with Gasteiger partial charge in [-0.1, -0.05) is 44.2 Å². The van der Waals surface area contributed by atoms with Crippen LogP contribution >= 0.6 is 0 Å². The first-order valence-corrected chi connectivity index (χ1v) is 7.54. The van der Waals surface area contributed by atoms with Gasteiger partial charge >= 0.3 is 0 Å². The van der Waals surface area contributed by atoms with Crippen molar-refractivity contribution < 1.29 is 0 Å². The third-order valence-electron chi connectivity index (χ3n) is 4.65. The minimum Gasteiger partial charge on any atom is -0.323 e. The Hall–Kier alpha value is -0.860. The molecule has 2 unspecified atom stereocenters. The second kappa shape index (κ2) is 6.06. The Morgan fingerprint density at radius 2 is 1.79 bits per heavy atom. The topological polar surface area (TPSA) is 29.3 Å². The van der Waals surface area contributed by atoms with Gasteiger partial charge in [0, 0.05) is 12.1 Å². The van der Waals surface area contributed by atoms with Gasteiger partial charge in [-0.15, -0.1) is 0 Å². The molecule has 0 amide bonds. The molecule has 2 heteroatoms. The minimum atomic E-state index is 0.113. The van der Waals surface area contributed by atoms with E-state index in [0.29, 0.717) is 11.5 Å². The Morgan fingerprint density at radius 3 is 2.47 bits per heavy atom. The van der Waals surface area contributed by atoms with Gasteiger partial charge in [0.1, 0.15) is 0 Å². The van der Waals surface area contributed by atoms with Crippen LogP contribution in [0, 0.1) is 5.41 Å². The lowest BCUT2D eigenvalue weighted by Crippen LogP contribution is -2.41. The number of benzene rings is 1. The molecule has 106 valence electrons. The standard InChI is InChI=1S/C17H28N2/c1-14(16(18)15-8-5-4-6-9-15)19-12-7-10-17(2,3)11-13-19/h4-6,8-9,14,16H,7,10-13,18H2,1-3H3. The highest BCUT2D eigenvalue weighted by Gasteiger charge is 2.27. The van der Waals surface area contributed by atoms with Crippen LogP contribution in [0.3, 0.4) is 0 Å². The summed E-state index contributed by atoms with van der Waals surface area (Å²) in [5.41, 5.74) is 8.19. The zero-order valence-electron chi connectivity index (χ0n) is 12.6. The summed E-state index contributed by atoms with van der Waals surface area (Å²) >= 11 is 0. The van der Waals surface area contributed by atoms with E-state index in [2.05, 4.69) is 56.0 Å². The van der Waals surface area contributed by atoms with Crippen molar-refractivity contribution >= 4 is 0 Å². The molecule has 1 fully saturated rings. The third kappa shape index (κ3) is 3.80. The van der Waals surface area contributed by atoms with Crippen LogP contribution in [0.25, 0.3) is 0 Å². The van der Waals surface area contributed by atoms with Crippen LogP contribution in [0.2, 0.25) is 0 Å². The molecule has 1 saturated heterocycles. The maximum atomic E-state index is 6.45. The molecule has 1 aliphatic rings. The predicted molar refractivity (Wildman–Crippen MR) is 82.0 cm³/mol. The minimum absolute atomic E-state index is 0.113. The summed E-state index contributed by atoms with van der Waals surface area (Å²) in [6.07, 6.45) is 3.90. The summed E-state index contributed by atoms with van der Waals surface area (Å²) in [4.78, 5) is 2.58. The molecule has 0 radical (unpaired) electrons. The summed E-state index contributed by atoms with van der Waals surface area (Å²) < 4.78 is 0. The molecule has 1 aromatic rings. The Bertz CT molecular complexity index is 386. The fourth-order valence-corrected chi connectivity index (χ4v) is 3.03. The van der Waals surface area contributed by atoms with E-state index in [1.165, 1.54) is 37.9 Å². The van der Waals surface area contributed by atoms with Crippen molar-refractivity contribution in [1.29, 1.82) is 0 Å². The van der Waals surface area contributed by atoms with Gasteiger partial charge in [0.2, 0.25) is 0 Å². The van der Waals surface area contributed by atoms with Gasteiger partial charge in [-0.05, 0) is 50.3 Å². The summed E-state index contributed by atoms with van der Waals surface area (Å²) in [6, 6.07) is 11.0. The summed E-state index contributed by atoms with van der Waals surface area (Å²) in [5.74, 6) is 0. The van der Waals surface area contributed by atoms with Gasteiger partial charge in [-0.25, -0.2) is 0 Å². The highest BCUT2D eigenvalue weighted by molar-refractivity contribution is 5.19. The molecule has 0 saturated carbocycles. The van der Waals surface area contributed by atoms with Crippen molar-refractivity contribution in [3.63, 3.8) is 0 Å². The summed E-state index contributed by atoms with van der Waals surface area (Å²) in [7, 11) is 0. The van der Waals surface area contributed by atoms with Crippen LogP contribution in [0.1, 0.15) is 51.6 Å². The lowest BCUT2D eigenvalue weighted by molar-refractivity contribution is 0.183. The Balaban J connectivity index is 2.01. The van der Waals surface area contributed by atoms with E-state index >= 15 is 0 Å². The lowest BCUT2D eigenvalue weighted by Gasteiger charge is -2.32. The van der Waals surface area contributed by atoms with Gasteiger partial charge in [0.15, 0.2) is 0 Å². The van der Waals surface area contributed by atoms with Crippen LogP contribution < -0.4 is 5.73 Å². The fraction of sp³-hybridized carbons (Fsp3) is 0.647. The smallest absolute Gasteiger partial charge is 0.0450 e. The second-order valence-electron chi connectivity index (χ2n) is 6.73. The molecule has 1 heterocycles. The molecule has 0 aliphatic carbocycles. The normalized spacial score (nSPS) is 23.6. The summed E-state index contributed by atoms with van der Waals surface area (Å²) in [6.45, 7) is 9.41. The second-order valence-corrected chi connectivity index (χ2v) is 6.73.